The van der Waals surface area contributed by atoms with Crippen LogP contribution in [0, 0.1) is 11.5 Å². The van der Waals surface area contributed by atoms with E-state index < -0.39 is 0 Å². The summed E-state index contributed by atoms with van der Waals surface area (Å²) in [5.74, 6) is 0.186. The minimum absolute atomic E-state index is 0.186. The minimum atomic E-state index is 0.186. The zero-order valence-corrected chi connectivity index (χ0v) is 13.6. The van der Waals surface area contributed by atoms with Gasteiger partial charge in [0.1, 0.15) is 5.75 Å². The van der Waals surface area contributed by atoms with Crippen molar-refractivity contribution in [3.63, 3.8) is 0 Å². The number of hydrogen-bond acceptors (Lipinski definition) is 4. The van der Waals surface area contributed by atoms with E-state index in [4.69, 9.17) is 5.26 Å². The van der Waals surface area contributed by atoms with Gasteiger partial charge in [-0.2, -0.15) is 5.26 Å². The Kier molecular flexibility index (Phi) is 5.26. The Hall–Kier alpha value is -1.97. The van der Waals surface area contributed by atoms with Crippen molar-refractivity contribution in [3.8, 4) is 23.1 Å². The van der Waals surface area contributed by atoms with E-state index in [0.29, 0.717) is 16.4 Å². The first-order valence-corrected chi connectivity index (χ1v) is 8.03. The van der Waals surface area contributed by atoms with Crippen molar-refractivity contribution in [3.05, 3.63) is 46.9 Å². The molecule has 0 amide bonds. The Morgan fingerprint density at radius 2 is 1.95 bits per heavy atom. The van der Waals surface area contributed by atoms with E-state index in [9.17, 15) is 5.11 Å². The molecule has 0 atom stereocenters. The van der Waals surface area contributed by atoms with Crippen molar-refractivity contribution in [2.75, 3.05) is 6.26 Å². The summed E-state index contributed by atoms with van der Waals surface area (Å²) in [6, 6.07) is 12.7. The van der Waals surface area contributed by atoms with E-state index in [-0.39, 0.29) is 5.75 Å². The first-order valence-electron chi connectivity index (χ1n) is 6.02. The second-order valence-electron chi connectivity index (χ2n) is 4.01. The molecule has 2 aromatic carbocycles. The van der Waals surface area contributed by atoms with Gasteiger partial charge in [0.25, 0.3) is 0 Å². The Morgan fingerprint density at radius 1 is 1.24 bits per heavy atom. The van der Waals surface area contributed by atoms with Gasteiger partial charge in [-0.3, -0.25) is 5.32 Å². The highest BCUT2D eigenvalue weighted by molar-refractivity contribution is 9.10. The molecular formula is C15H12BrN3OS. The van der Waals surface area contributed by atoms with E-state index in [2.05, 4.69) is 26.2 Å². The summed E-state index contributed by atoms with van der Waals surface area (Å²) in [6.45, 7) is 0. The zero-order chi connectivity index (χ0) is 15.2. The Morgan fingerprint density at radius 3 is 2.62 bits per heavy atom. The summed E-state index contributed by atoms with van der Waals surface area (Å²) in [4.78, 5) is 4.47. The predicted molar refractivity (Wildman–Crippen MR) is 90.6 cm³/mol. The number of halogens is 1. The van der Waals surface area contributed by atoms with Gasteiger partial charge in [-0.15, -0.1) is 0 Å². The quantitative estimate of drug-likeness (QED) is 0.363. The van der Waals surface area contributed by atoms with Crippen LogP contribution >= 0.6 is 27.7 Å². The average Bonchev–Trinajstić information content (AvgIpc) is 2.49. The van der Waals surface area contributed by atoms with Gasteiger partial charge in [0.2, 0.25) is 0 Å². The predicted octanol–water partition coefficient (Wildman–Crippen LogP) is 4.24. The van der Waals surface area contributed by atoms with Crippen molar-refractivity contribution in [2.45, 2.75) is 0 Å². The van der Waals surface area contributed by atoms with E-state index in [0.717, 1.165) is 10.0 Å². The fraction of sp³-hybridized carbons (Fsp3) is 0.0667. The molecule has 0 unspecified atom stereocenters. The number of benzene rings is 2. The summed E-state index contributed by atoms with van der Waals surface area (Å²) in [5.41, 5.74) is 2.13. The molecule has 21 heavy (non-hydrogen) atoms. The number of phenolic OH excluding ortho intramolecular Hbond substituents is 1. The van der Waals surface area contributed by atoms with Crippen molar-refractivity contribution in [1.29, 1.82) is 5.26 Å². The van der Waals surface area contributed by atoms with Gasteiger partial charge >= 0.3 is 0 Å². The molecular weight excluding hydrogens is 350 g/mol. The number of para-hydroxylation sites is 2. The van der Waals surface area contributed by atoms with Crippen LogP contribution in [0.1, 0.15) is 0 Å². The number of thioether (sulfide) groups is 1. The molecule has 0 saturated carbocycles. The molecule has 106 valence electrons. The van der Waals surface area contributed by atoms with E-state index in [1.807, 2.05) is 42.8 Å². The number of hydrogen-bond donors (Lipinski definition) is 2. The molecule has 0 aromatic heterocycles. The fourth-order valence-corrected chi connectivity index (χ4v) is 2.61. The van der Waals surface area contributed by atoms with E-state index in [1.54, 1.807) is 12.1 Å². The molecule has 0 heterocycles. The Balaban J connectivity index is 2.62. The number of aliphatic imine (C=N–C) groups is 1. The van der Waals surface area contributed by atoms with Crippen LogP contribution in [-0.4, -0.2) is 16.5 Å². The molecule has 0 aliphatic heterocycles. The van der Waals surface area contributed by atoms with Crippen LogP contribution in [0.2, 0.25) is 0 Å². The van der Waals surface area contributed by atoms with Crippen LogP contribution in [0.3, 0.4) is 0 Å². The maximum Gasteiger partial charge on any atom is 0.183 e. The standard InChI is InChI=1S/C15H12BrN3OS/c1-21-15(18-9-17)19-14-11(6-4-7-12(14)16)10-5-2-3-8-13(10)20/h2-8,20H,1H3,(H,18,19). The lowest BCUT2D eigenvalue weighted by Gasteiger charge is -2.10. The van der Waals surface area contributed by atoms with Crippen LogP contribution in [0.4, 0.5) is 5.69 Å². The summed E-state index contributed by atoms with van der Waals surface area (Å²) in [6.07, 6.45) is 3.70. The third kappa shape index (κ3) is 3.57. The first-order chi connectivity index (χ1) is 10.2. The number of nitrogens with one attached hydrogen (secondary N) is 1. The van der Waals surface area contributed by atoms with Crippen molar-refractivity contribution >= 4 is 38.5 Å². The highest BCUT2D eigenvalue weighted by atomic mass is 79.9. The summed E-state index contributed by atoms with van der Waals surface area (Å²) in [5, 5.41) is 21.8. The monoisotopic (exact) mass is 361 g/mol. The number of nitriles is 1. The van der Waals surface area contributed by atoms with Crippen LogP contribution in [0.25, 0.3) is 11.1 Å². The van der Waals surface area contributed by atoms with Gasteiger partial charge in [-0.1, -0.05) is 42.1 Å². The molecule has 0 bridgehead atoms. The normalized spacial score (nSPS) is 11.0. The maximum absolute atomic E-state index is 10.0. The second kappa shape index (κ2) is 7.16. The van der Waals surface area contributed by atoms with Gasteiger partial charge in [-0.05, 0) is 34.3 Å². The lowest BCUT2D eigenvalue weighted by Crippen LogP contribution is -2.12. The molecule has 0 radical (unpaired) electrons. The maximum atomic E-state index is 10.0. The molecule has 6 heteroatoms. The molecule has 0 spiro atoms. The molecule has 0 aliphatic rings. The number of phenols is 1. The highest BCUT2D eigenvalue weighted by Gasteiger charge is 2.12. The summed E-state index contributed by atoms with van der Waals surface area (Å²) < 4.78 is 0.787. The Labute approximate surface area is 135 Å². The summed E-state index contributed by atoms with van der Waals surface area (Å²) in [7, 11) is 0. The molecule has 2 rings (SSSR count). The SMILES string of the molecule is CSC(=Nc1c(Br)cccc1-c1ccccc1O)NC#N. The third-order valence-electron chi connectivity index (χ3n) is 2.75. The average molecular weight is 362 g/mol. The number of nitrogens with zero attached hydrogens (tertiary/aromatic N) is 2. The topological polar surface area (TPSA) is 68.4 Å². The molecule has 2 N–H and O–H groups in total. The van der Waals surface area contributed by atoms with Gasteiger partial charge < -0.3 is 5.11 Å². The zero-order valence-electron chi connectivity index (χ0n) is 11.2. The second-order valence-corrected chi connectivity index (χ2v) is 5.66. The molecule has 4 nitrogen and oxygen atoms in total. The molecule has 0 saturated heterocycles. The van der Waals surface area contributed by atoms with Crippen LogP contribution < -0.4 is 5.32 Å². The Bertz CT molecular complexity index is 725. The third-order valence-corrected chi connectivity index (χ3v) is 3.97. The minimum Gasteiger partial charge on any atom is -0.507 e. The van der Waals surface area contributed by atoms with E-state index in [1.165, 1.54) is 11.8 Å². The number of amidine groups is 1. The van der Waals surface area contributed by atoms with Crippen LogP contribution in [0.15, 0.2) is 51.9 Å². The van der Waals surface area contributed by atoms with Gasteiger partial charge in [0.15, 0.2) is 11.4 Å². The molecule has 2 aromatic rings. The smallest absolute Gasteiger partial charge is 0.183 e. The highest BCUT2D eigenvalue weighted by Crippen LogP contribution is 2.40. The van der Waals surface area contributed by atoms with Gasteiger partial charge in [0.05, 0.1) is 5.69 Å². The molecule has 0 aliphatic carbocycles. The van der Waals surface area contributed by atoms with Crippen molar-refractivity contribution in [2.24, 2.45) is 4.99 Å². The van der Waals surface area contributed by atoms with Crippen molar-refractivity contribution < 1.29 is 5.11 Å². The van der Waals surface area contributed by atoms with Gasteiger partial charge in [0, 0.05) is 15.6 Å². The summed E-state index contributed by atoms with van der Waals surface area (Å²) >= 11 is 4.81. The number of rotatable bonds is 2. The van der Waals surface area contributed by atoms with Crippen LogP contribution in [0.5, 0.6) is 5.75 Å². The lowest BCUT2D eigenvalue weighted by molar-refractivity contribution is 0.477. The first kappa shape index (κ1) is 15.4. The largest absolute Gasteiger partial charge is 0.507 e. The van der Waals surface area contributed by atoms with Crippen molar-refractivity contribution in [1.82, 2.24) is 5.32 Å². The van der Waals surface area contributed by atoms with Gasteiger partial charge in [-0.25, -0.2) is 4.99 Å². The number of aromatic hydroxyl groups is 1. The molecule has 0 fully saturated rings. The fourth-order valence-electron chi connectivity index (χ4n) is 1.82. The van der Waals surface area contributed by atoms with E-state index >= 15 is 0 Å². The van der Waals surface area contributed by atoms with Crippen LogP contribution in [-0.2, 0) is 0 Å². The lowest BCUT2D eigenvalue weighted by atomic mass is 10.0.